The Balaban J connectivity index is 1.97. The summed E-state index contributed by atoms with van der Waals surface area (Å²) in [6, 6.07) is 6.05. The van der Waals surface area contributed by atoms with Crippen LogP contribution in [0.3, 0.4) is 0 Å². The monoisotopic (exact) mass is 610 g/mol. The highest BCUT2D eigenvalue weighted by molar-refractivity contribution is 6.03. The minimum atomic E-state index is -4.78. The molecule has 1 aromatic carbocycles. The number of alkyl halides is 6. The molecule has 1 amide bonds. The molecule has 0 spiro atoms. The van der Waals surface area contributed by atoms with Gasteiger partial charge in [0.25, 0.3) is 11.5 Å². The fourth-order valence-electron chi connectivity index (χ4n) is 4.26. The molecular weight excluding hydrogens is 582 g/mol. The quantitative estimate of drug-likeness (QED) is 0.221. The Morgan fingerprint density at radius 1 is 1.05 bits per heavy atom. The van der Waals surface area contributed by atoms with Crippen LogP contribution in [0.15, 0.2) is 47.5 Å². The lowest BCUT2D eigenvalue weighted by molar-refractivity contribution is -0.182. The Morgan fingerprint density at radius 2 is 1.70 bits per heavy atom. The first-order valence-electron chi connectivity index (χ1n) is 12.8. The molecule has 4 rings (SSSR count). The number of hydrogen-bond donors (Lipinski definition) is 3. The second kappa shape index (κ2) is 10.4. The summed E-state index contributed by atoms with van der Waals surface area (Å²) in [6.45, 7) is 5.87. The summed E-state index contributed by atoms with van der Waals surface area (Å²) in [6.07, 6.45) is -7.01. The van der Waals surface area contributed by atoms with Crippen molar-refractivity contribution in [3.63, 3.8) is 0 Å². The van der Waals surface area contributed by atoms with Gasteiger partial charge in [-0.3, -0.25) is 9.59 Å². The number of carbonyl (C=O) groups excluding carboxylic acids is 1. The summed E-state index contributed by atoms with van der Waals surface area (Å²) in [7, 11) is 1.37. The minimum Gasteiger partial charge on any atom is -0.437 e. The molecule has 0 unspecified atom stereocenters. The summed E-state index contributed by atoms with van der Waals surface area (Å²) in [5.41, 5.74) is -5.75. The van der Waals surface area contributed by atoms with Gasteiger partial charge < -0.3 is 24.7 Å². The van der Waals surface area contributed by atoms with Crippen LogP contribution in [0, 0.1) is 6.92 Å². The first-order chi connectivity index (χ1) is 19.6. The number of H-pyrrole nitrogens is 1. The van der Waals surface area contributed by atoms with E-state index in [9.17, 15) is 41.0 Å². The normalized spacial score (nSPS) is 13.0. The Morgan fingerprint density at radius 3 is 2.28 bits per heavy atom. The highest BCUT2D eigenvalue weighted by atomic mass is 19.4. The molecule has 0 bridgehead atoms. The molecule has 43 heavy (non-hydrogen) atoms. The molecule has 0 atom stereocenters. The molecule has 0 fully saturated rings. The number of ether oxygens (including phenoxy) is 1. The molecular formula is C29H28F6N4O4. The Labute approximate surface area is 241 Å². The van der Waals surface area contributed by atoms with Crippen molar-refractivity contribution in [1.29, 1.82) is 0 Å². The summed E-state index contributed by atoms with van der Waals surface area (Å²) >= 11 is 0. The fourth-order valence-corrected chi connectivity index (χ4v) is 4.26. The number of pyridine rings is 2. The highest BCUT2D eigenvalue weighted by Crippen LogP contribution is 2.43. The van der Waals surface area contributed by atoms with E-state index in [-0.39, 0.29) is 44.7 Å². The molecule has 0 saturated carbocycles. The van der Waals surface area contributed by atoms with Gasteiger partial charge in [-0.1, -0.05) is 12.1 Å². The van der Waals surface area contributed by atoms with E-state index in [1.807, 2.05) is 5.32 Å². The molecule has 0 radical (unpaired) electrons. The first kappa shape index (κ1) is 31.6. The molecule has 230 valence electrons. The van der Waals surface area contributed by atoms with E-state index >= 15 is 0 Å². The number of aryl methyl sites for hydroxylation is 2. The standard InChI is InChI=1S/C29H28F6N4O4/c1-14-8-7-9-19(28(30,31)32)22(14)43-24-17(10-15(12-36-24)26(2,3)42)18-13-39(6)25(41)21-16(18)11-20(37-21)23(40)38-27(4,5)29(33,34)35/h7-13,37,42H,1-6H3,(H,38,40). The molecule has 3 N–H and O–H groups in total. The third kappa shape index (κ3) is 6.10. The van der Waals surface area contributed by atoms with Crippen LogP contribution in [0.25, 0.3) is 22.0 Å². The van der Waals surface area contributed by atoms with E-state index in [1.165, 1.54) is 58.4 Å². The Hall–Kier alpha value is -4.33. The van der Waals surface area contributed by atoms with Gasteiger partial charge in [-0.15, -0.1) is 0 Å². The molecule has 14 heteroatoms. The van der Waals surface area contributed by atoms with Crippen molar-refractivity contribution in [3.8, 4) is 22.8 Å². The second-order valence-electron chi connectivity index (χ2n) is 11.2. The molecule has 4 aromatic rings. The molecule has 0 saturated heterocycles. The third-order valence-corrected chi connectivity index (χ3v) is 6.91. The number of aliphatic hydroxyl groups is 1. The molecule has 0 aliphatic carbocycles. The van der Waals surface area contributed by atoms with Gasteiger partial charge in [0.2, 0.25) is 5.88 Å². The predicted octanol–water partition coefficient (Wildman–Crippen LogP) is 6.35. The van der Waals surface area contributed by atoms with Crippen molar-refractivity contribution in [2.24, 2.45) is 7.05 Å². The highest BCUT2D eigenvalue weighted by Gasteiger charge is 2.48. The first-order valence-corrected chi connectivity index (χ1v) is 12.8. The van der Waals surface area contributed by atoms with Crippen LogP contribution < -0.4 is 15.6 Å². The van der Waals surface area contributed by atoms with Crippen LogP contribution in [0.2, 0.25) is 0 Å². The van der Waals surface area contributed by atoms with E-state index in [1.54, 1.807) is 0 Å². The zero-order valence-corrected chi connectivity index (χ0v) is 23.9. The number of carbonyl (C=O) groups is 1. The molecule has 3 heterocycles. The van der Waals surface area contributed by atoms with Gasteiger partial charge in [-0.25, -0.2) is 4.98 Å². The van der Waals surface area contributed by atoms with Crippen molar-refractivity contribution < 1.29 is 41.0 Å². The van der Waals surface area contributed by atoms with Crippen LogP contribution in [-0.2, 0) is 18.8 Å². The largest absolute Gasteiger partial charge is 0.437 e. The van der Waals surface area contributed by atoms with Gasteiger partial charge >= 0.3 is 12.4 Å². The molecule has 8 nitrogen and oxygen atoms in total. The van der Waals surface area contributed by atoms with E-state index in [0.29, 0.717) is 0 Å². The van der Waals surface area contributed by atoms with Gasteiger partial charge in [-0.05, 0) is 58.4 Å². The van der Waals surface area contributed by atoms with Crippen molar-refractivity contribution in [2.75, 3.05) is 0 Å². The number of aromatic amines is 1. The van der Waals surface area contributed by atoms with Gasteiger partial charge in [0.1, 0.15) is 22.5 Å². The number of nitrogens with one attached hydrogen (secondary N) is 2. The number of nitrogens with zero attached hydrogens (tertiary/aromatic N) is 2. The van der Waals surface area contributed by atoms with E-state index in [4.69, 9.17) is 4.74 Å². The van der Waals surface area contributed by atoms with Crippen LogP contribution in [-0.4, -0.2) is 37.3 Å². The van der Waals surface area contributed by atoms with Gasteiger partial charge in [-0.2, -0.15) is 26.3 Å². The van der Waals surface area contributed by atoms with Crippen LogP contribution in [0.4, 0.5) is 26.3 Å². The fraction of sp³-hybridized carbons (Fsp3) is 0.345. The lowest BCUT2D eigenvalue weighted by Gasteiger charge is -2.28. The number of fused-ring (bicyclic) bond motifs is 1. The van der Waals surface area contributed by atoms with Crippen molar-refractivity contribution in [1.82, 2.24) is 19.9 Å². The Kier molecular flexibility index (Phi) is 7.67. The topological polar surface area (TPSA) is 109 Å². The van der Waals surface area contributed by atoms with E-state index < -0.39 is 46.3 Å². The maximum absolute atomic E-state index is 13.9. The number of aromatic nitrogens is 3. The van der Waals surface area contributed by atoms with Crippen LogP contribution in [0.1, 0.15) is 54.9 Å². The molecule has 3 aromatic heterocycles. The maximum Gasteiger partial charge on any atom is 0.419 e. The predicted molar refractivity (Wildman–Crippen MR) is 146 cm³/mol. The maximum atomic E-state index is 13.9. The van der Waals surface area contributed by atoms with Gasteiger partial charge in [0, 0.05) is 41.5 Å². The summed E-state index contributed by atoms with van der Waals surface area (Å²) < 4.78 is 88.7. The average molecular weight is 611 g/mol. The zero-order chi connectivity index (χ0) is 32.3. The summed E-state index contributed by atoms with van der Waals surface area (Å²) in [5, 5.41) is 12.6. The number of hydrogen-bond acceptors (Lipinski definition) is 5. The van der Waals surface area contributed by atoms with E-state index in [0.717, 1.165) is 30.5 Å². The second-order valence-corrected chi connectivity index (χ2v) is 11.2. The lowest BCUT2D eigenvalue weighted by Crippen LogP contribution is -2.54. The van der Waals surface area contributed by atoms with E-state index in [2.05, 4.69) is 9.97 Å². The van der Waals surface area contributed by atoms with Crippen molar-refractivity contribution in [2.45, 2.75) is 58.1 Å². The van der Waals surface area contributed by atoms with Crippen molar-refractivity contribution >= 4 is 16.8 Å². The van der Waals surface area contributed by atoms with Crippen LogP contribution in [0.5, 0.6) is 11.6 Å². The third-order valence-electron chi connectivity index (χ3n) is 6.91. The minimum absolute atomic E-state index is 0.0400. The van der Waals surface area contributed by atoms with Gasteiger partial charge in [0.15, 0.2) is 0 Å². The number of amides is 1. The van der Waals surface area contributed by atoms with Crippen molar-refractivity contribution in [3.05, 3.63) is 75.5 Å². The SMILES string of the molecule is Cc1cccc(C(F)(F)F)c1Oc1ncc(C(C)(C)O)cc1-c1cn(C)c(=O)c2[nH]c(C(=O)NC(C)(C)C(F)(F)F)cc12. The smallest absolute Gasteiger partial charge is 0.419 e. The summed E-state index contributed by atoms with van der Waals surface area (Å²) in [4.78, 5) is 32.6. The number of para-hydroxylation sites is 1. The van der Waals surface area contributed by atoms with Gasteiger partial charge in [0.05, 0.1) is 11.2 Å². The number of halogens is 6. The summed E-state index contributed by atoms with van der Waals surface area (Å²) in [5.74, 6) is -2.00. The Bertz CT molecular complexity index is 1780. The molecule has 0 aliphatic rings. The number of rotatable bonds is 6. The zero-order valence-electron chi connectivity index (χ0n) is 23.9. The van der Waals surface area contributed by atoms with Crippen LogP contribution >= 0.6 is 0 Å². The number of benzene rings is 1. The molecule has 0 aliphatic heterocycles. The average Bonchev–Trinajstić information content (AvgIpc) is 3.31. The lowest BCUT2D eigenvalue weighted by atomic mass is 9.96.